The number of fused-ring (bicyclic) bond motifs is 1. The number of nitrogens with zero attached hydrogens (tertiary/aromatic N) is 2. The third-order valence-corrected chi connectivity index (χ3v) is 5.21. The van der Waals surface area contributed by atoms with Crippen LogP contribution in [-0.2, 0) is 16.2 Å². The second-order valence-electron chi connectivity index (χ2n) is 7.54. The van der Waals surface area contributed by atoms with Crippen molar-refractivity contribution in [2.24, 2.45) is 10.9 Å². The highest BCUT2D eigenvalue weighted by atomic mass is 16.6. The van der Waals surface area contributed by atoms with E-state index in [1.807, 2.05) is 61.5 Å². The number of oxime groups is 1. The molecule has 8 heteroatoms. The zero-order valence-corrected chi connectivity index (χ0v) is 17.1. The topological polar surface area (TPSA) is 119 Å². The molecule has 0 spiro atoms. The highest BCUT2D eigenvalue weighted by molar-refractivity contribution is 6.01. The quantitative estimate of drug-likeness (QED) is 0.399. The zero-order chi connectivity index (χ0) is 21.8. The number of ether oxygens (including phenoxy) is 1. The first-order valence-corrected chi connectivity index (χ1v) is 10.0. The van der Waals surface area contributed by atoms with E-state index in [1.165, 1.54) is 0 Å². The van der Waals surface area contributed by atoms with Gasteiger partial charge in [0.25, 0.3) is 5.91 Å². The summed E-state index contributed by atoms with van der Waals surface area (Å²) >= 11 is 0. The van der Waals surface area contributed by atoms with Crippen LogP contribution in [0.2, 0.25) is 0 Å². The standard InChI is InChI=1S/C23H24N4O4/c1-14-10-16(19-4-2-3-5-21(19)25-14)13-30-17-8-6-15(7-9-17)22-12-18(31-27-22)11-20(24)23(28)26-29/h2-10,18,20,29H,11-13,24H2,1H3,(H,26,28). The van der Waals surface area contributed by atoms with Gasteiger partial charge in [-0.15, -0.1) is 0 Å². The molecule has 8 nitrogen and oxygen atoms in total. The molecule has 1 amide bonds. The number of aryl methyl sites for hydroxylation is 1. The average molecular weight is 420 g/mol. The third-order valence-electron chi connectivity index (χ3n) is 5.21. The summed E-state index contributed by atoms with van der Waals surface area (Å²) in [6, 6.07) is 16.9. The molecule has 0 aliphatic carbocycles. The lowest BCUT2D eigenvalue weighted by molar-refractivity contribution is -0.131. The number of nitrogens with one attached hydrogen (secondary N) is 1. The molecule has 2 heterocycles. The molecule has 2 aromatic carbocycles. The number of hydrogen-bond donors (Lipinski definition) is 3. The minimum Gasteiger partial charge on any atom is -0.489 e. The van der Waals surface area contributed by atoms with Crippen molar-refractivity contribution < 1.29 is 19.6 Å². The Hall–Kier alpha value is -3.49. The van der Waals surface area contributed by atoms with Crippen molar-refractivity contribution in [2.45, 2.75) is 38.5 Å². The fraction of sp³-hybridized carbons (Fsp3) is 0.261. The highest BCUT2D eigenvalue weighted by Gasteiger charge is 2.27. The summed E-state index contributed by atoms with van der Waals surface area (Å²) in [6.07, 6.45) is 0.496. The van der Waals surface area contributed by atoms with E-state index in [9.17, 15) is 4.79 Å². The first kappa shape index (κ1) is 20.8. The first-order valence-electron chi connectivity index (χ1n) is 10.0. The monoisotopic (exact) mass is 420 g/mol. The molecule has 0 saturated heterocycles. The molecular formula is C23H24N4O4. The van der Waals surface area contributed by atoms with E-state index >= 15 is 0 Å². The van der Waals surface area contributed by atoms with E-state index < -0.39 is 11.9 Å². The molecule has 31 heavy (non-hydrogen) atoms. The zero-order valence-electron chi connectivity index (χ0n) is 17.1. The predicted molar refractivity (Wildman–Crippen MR) is 116 cm³/mol. The van der Waals surface area contributed by atoms with Crippen LogP contribution in [-0.4, -0.2) is 34.0 Å². The number of rotatable bonds is 7. The molecule has 0 saturated carbocycles. The van der Waals surface area contributed by atoms with Crippen LogP contribution in [0, 0.1) is 6.92 Å². The Morgan fingerprint density at radius 3 is 2.84 bits per heavy atom. The Kier molecular flexibility index (Phi) is 6.11. The SMILES string of the molecule is Cc1cc(COc2ccc(C3=NOC(CC(N)C(=O)NO)C3)cc2)c2ccccc2n1. The number of pyridine rings is 1. The van der Waals surface area contributed by atoms with E-state index in [-0.39, 0.29) is 12.5 Å². The number of benzene rings is 2. The van der Waals surface area contributed by atoms with Crippen LogP contribution in [0.3, 0.4) is 0 Å². The normalized spacial score (nSPS) is 16.5. The van der Waals surface area contributed by atoms with E-state index in [0.29, 0.717) is 13.0 Å². The van der Waals surface area contributed by atoms with E-state index in [4.69, 9.17) is 20.5 Å². The van der Waals surface area contributed by atoms with Crippen molar-refractivity contribution in [2.75, 3.05) is 0 Å². The van der Waals surface area contributed by atoms with E-state index in [1.54, 1.807) is 5.48 Å². The Bertz CT molecular complexity index is 1110. The smallest absolute Gasteiger partial charge is 0.260 e. The fourth-order valence-corrected chi connectivity index (χ4v) is 3.62. The van der Waals surface area contributed by atoms with Crippen molar-refractivity contribution in [3.63, 3.8) is 0 Å². The predicted octanol–water partition coefficient (Wildman–Crippen LogP) is 2.84. The van der Waals surface area contributed by atoms with Crippen molar-refractivity contribution in [3.05, 3.63) is 71.4 Å². The van der Waals surface area contributed by atoms with Gasteiger partial charge in [-0.3, -0.25) is 15.0 Å². The van der Waals surface area contributed by atoms with Gasteiger partial charge in [0.15, 0.2) is 0 Å². The van der Waals surface area contributed by atoms with Crippen LogP contribution < -0.4 is 16.0 Å². The van der Waals surface area contributed by atoms with Crippen LogP contribution in [0.4, 0.5) is 0 Å². The Morgan fingerprint density at radius 2 is 2.06 bits per heavy atom. The van der Waals surface area contributed by atoms with E-state index in [0.717, 1.165) is 39.2 Å². The van der Waals surface area contributed by atoms with Crippen LogP contribution in [0.25, 0.3) is 10.9 Å². The highest BCUT2D eigenvalue weighted by Crippen LogP contribution is 2.23. The van der Waals surface area contributed by atoms with Crippen LogP contribution in [0.15, 0.2) is 59.8 Å². The summed E-state index contributed by atoms with van der Waals surface area (Å²) in [5.74, 6) is 0.107. The van der Waals surface area contributed by atoms with Gasteiger partial charge in [-0.2, -0.15) is 0 Å². The number of hydrogen-bond acceptors (Lipinski definition) is 7. The Morgan fingerprint density at radius 1 is 1.29 bits per heavy atom. The number of nitrogens with two attached hydrogens (primary N) is 1. The second-order valence-corrected chi connectivity index (χ2v) is 7.54. The van der Waals surface area contributed by atoms with Gasteiger partial charge in [0.1, 0.15) is 18.5 Å². The molecular weight excluding hydrogens is 396 g/mol. The molecule has 0 fully saturated rings. The van der Waals surface area contributed by atoms with Crippen LogP contribution in [0.5, 0.6) is 5.75 Å². The molecule has 1 aromatic heterocycles. The number of amides is 1. The van der Waals surface area contributed by atoms with Gasteiger partial charge >= 0.3 is 0 Å². The number of carbonyl (C=O) groups excluding carboxylic acids is 1. The molecule has 0 bridgehead atoms. The second kappa shape index (κ2) is 9.11. The van der Waals surface area contributed by atoms with E-state index in [2.05, 4.69) is 10.1 Å². The number of para-hydroxylation sites is 1. The summed E-state index contributed by atoms with van der Waals surface area (Å²) in [7, 11) is 0. The molecule has 4 rings (SSSR count). The molecule has 3 aromatic rings. The average Bonchev–Trinajstić information content (AvgIpc) is 3.25. The van der Waals surface area contributed by atoms with Gasteiger partial charge in [0.05, 0.1) is 17.3 Å². The van der Waals surface area contributed by atoms with Crippen LogP contribution in [0.1, 0.15) is 29.7 Å². The minimum atomic E-state index is -0.853. The van der Waals surface area contributed by atoms with Crippen LogP contribution >= 0.6 is 0 Å². The largest absolute Gasteiger partial charge is 0.489 e. The minimum absolute atomic E-state index is 0.264. The molecule has 160 valence electrons. The lowest BCUT2D eigenvalue weighted by Gasteiger charge is -2.13. The van der Waals surface area contributed by atoms with Crippen molar-refractivity contribution in [1.29, 1.82) is 0 Å². The molecule has 1 aliphatic heterocycles. The maximum atomic E-state index is 11.3. The van der Waals surface area contributed by atoms with Crippen molar-refractivity contribution in [3.8, 4) is 5.75 Å². The van der Waals surface area contributed by atoms with Gasteiger partial charge in [-0.25, -0.2) is 5.48 Å². The Balaban J connectivity index is 1.37. The molecule has 2 unspecified atom stereocenters. The molecule has 1 aliphatic rings. The maximum Gasteiger partial charge on any atom is 0.260 e. The number of aromatic nitrogens is 1. The molecule has 4 N–H and O–H groups in total. The number of hydroxylamine groups is 1. The first-order chi connectivity index (χ1) is 15.0. The summed E-state index contributed by atoms with van der Waals surface area (Å²) in [5, 5.41) is 13.8. The Labute approximate surface area is 179 Å². The van der Waals surface area contributed by atoms with Gasteiger partial charge in [-0.1, -0.05) is 23.4 Å². The summed E-state index contributed by atoms with van der Waals surface area (Å²) in [4.78, 5) is 21.3. The summed E-state index contributed by atoms with van der Waals surface area (Å²) in [5.41, 5.74) is 12.0. The fourth-order valence-electron chi connectivity index (χ4n) is 3.62. The summed E-state index contributed by atoms with van der Waals surface area (Å²) in [6.45, 7) is 2.42. The molecule has 0 radical (unpaired) electrons. The van der Waals surface area contributed by atoms with Gasteiger partial charge in [0.2, 0.25) is 0 Å². The van der Waals surface area contributed by atoms with Crippen molar-refractivity contribution >= 4 is 22.5 Å². The van der Waals surface area contributed by atoms with Gasteiger partial charge in [0, 0.05) is 29.5 Å². The molecule has 2 atom stereocenters. The summed E-state index contributed by atoms with van der Waals surface area (Å²) < 4.78 is 6.00. The van der Waals surface area contributed by atoms with Gasteiger partial charge < -0.3 is 15.3 Å². The maximum absolute atomic E-state index is 11.3. The van der Waals surface area contributed by atoms with Gasteiger partial charge in [-0.05, 0) is 48.9 Å². The lowest BCUT2D eigenvalue weighted by Crippen LogP contribution is -2.41. The number of carbonyl (C=O) groups is 1. The third kappa shape index (κ3) is 4.82. The van der Waals surface area contributed by atoms with Crippen molar-refractivity contribution in [1.82, 2.24) is 10.5 Å². The lowest BCUT2D eigenvalue weighted by atomic mass is 10.0.